The van der Waals surface area contributed by atoms with Gasteiger partial charge < -0.3 is 5.32 Å². The van der Waals surface area contributed by atoms with Gasteiger partial charge in [0.2, 0.25) is 10.0 Å². The molecule has 1 unspecified atom stereocenters. The molecular weight excluding hydrogens is 260 g/mol. The maximum atomic E-state index is 11.8. The lowest BCUT2D eigenvalue weighted by Crippen LogP contribution is -2.35. The number of hydrogen-bond donors (Lipinski definition) is 2. The Labute approximate surface area is 116 Å². The predicted molar refractivity (Wildman–Crippen MR) is 79.7 cm³/mol. The average molecular weight is 284 g/mol. The molecule has 0 aliphatic rings. The van der Waals surface area contributed by atoms with Crippen LogP contribution in [0.2, 0.25) is 0 Å². The standard InChI is InChI=1S/C14H24N2O2S/c1-13(9-10-14-7-4-3-5-8-14)16-19(17,18)12-6-11-15-2/h3-5,7-8,13,15-16H,6,9-12H2,1-2H3. The molecule has 0 spiro atoms. The molecule has 5 heteroatoms. The predicted octanol–water partition coefficient (Wildman–Crippen LogP) is 1.54. The number of rotatable bonds is 9. The average Bonchev–Trinajstić information content (AvgIpc) is 2.37. The first-order valence-electron chi connectivity index (χ1n) is 6.72. The summed E-state index contributed by atoms with van der Waals surface area (Å²) in [4.78, 5) is 0. The van der Waals surface area contributed by atoms with E-state index in [1.807, 2.05) is 32.2 Å². The number of sulfonamides is 1. The highest BCUT2D eigenvalue weighted by molar-refractivity contribution is 7.89. The highest BCUT2D eigenvalue weighted by Crippen LogP contribution is 2.05. The molecule has 0 saturated heterocycles. The normalized spacial score (nSPS) is 13.4. The van der Waals surface area contributed by atoms with Gasteiger partial charge in [-0.2, -0.15) is 0 Å². The highest BCUT2D eigenvalue weighted by atomic mass is 32.2. The van der Waals surface area contributed by atoms with Crippen LogP contribution in [0, 0.1) is 0 Å². The molecule has 0 saturated carbocycles. The minimum absolute atomic E-state index is 0.0280. The topological polar surface area (TPSA) is 58.2 Å². The van der Waals surface area contributed by atoms with E-state index in [9.17, 15) is 8.42 Å². The van der Waals surface area contributed by atoms with Crippen LogP contribution < -0.4 is 10.0 Å². The van der Waals surface area contributed by atoms with Gasteiger partial charge in [-0.05, 0) is 45.3 Å². The molecule has 1 aromatic rings. The highest BCUT2D eigenvalue weighted by Gasteiger charge is 2.13. The number of benzene rings is 1. The summed E-state index contributed by atoms with van der Waals surface area (Å²) in [5.74, 6) is 0.184. The van der Waals surface area contributed by atoms with Crippen LogP contribution in [0.1, 0.15) is 25.3 Å². The Morgan fingerprint density at radius 1 is 1.21 bits per heavy atom. The second kappa shape index (κ2) is 8.30. The lowest BCUT2D eigenvalue weighted by molar-refractivity contribution is 0.544. The van der Waals surface area contributed by atoms with Crippen molar-refractivity contribution in [3.05, 3.63) is 35.9 Å². The molecular formula is C14H24N2O2S. The fourth-order valence-electron chi connectivity index (χ4n) is 1.89. The fourth-order valence-corrected chi connectivity index (χ4v) is 3.26. The molecule has 0 radical (unpaired) electrons. The Bertz CT molecular complexity index is 446. The first-order chi connectivity index (χ1) is 9.03. The molecule has 108 valence electrons. The van der Waals surface area contributed by atoms with Crippen LogP contribution in [0.15, 0.2) is 30.3 Å². The van der Waals surface area contributed by atoms with Crippen molar-refractivity contribution in [3.63, 3.8) is 0 Å². The van der Waals surface area contributed by atoms with Crippen molar-refractivity contribution in [1.29, 1.82) is 0 Å². The Kier molecular flexibility index (Phi) is 7.05. The molecule has 0 amide bonds. The van der Waals surface area contributed by atoms with Crippen LogP contribution >= 0.6 is 0 Å². The first-order valence-corrected chi connectivity index (χ1v) is 8.37. The van der Waals surface area contributed by atoms with Gasteiger partial charge in [-0.3, -0.25) is 0 Å². The second-order valence-electron chi connectivity index (χ2n) is 4.82. The zero-order valence-corrected chi connectivity index (χ0v) is 12.5. The van der Waals surface area contributed by atoms with E-state index in [1.54, 1.807) is 0 Å². The second-order valence-corrected chi connectivity index (χ2v) is 6.69. The maximum absolute atomic E-state index is 11.8. The van der Waals surface area contributed by atoms with Crippen molar-refractivity contribution < 1.29 is 8.42 Å². The van der Waals surface area contributed by atoms with Crippen molar-refractivity contribution in [1.82, 2.24) is 10.0 Å². The molecule has 0 aliphatic heterocycles. The van der Waals surface area contributed by atoms with E-state index in [0.29, 0.717) is 6.42 Å². The van der Waals surface area contributed by atoms with E-state index in [-0.39, 0.29) is 11.8 Å². The summed E-state index contributed by atoms with van der Waals surface area (Å²) in [6, 6.07) is 10.1. The Morgan fingerprint density at radius 2 is 1.89 bits per heavy atom. The number of hydrogen-bond acceptors (Lipinski definition) is 3. The minimum atomic E-state index is -3.15. The summed E-state index contributed by atoms with van der Waals surface area (Å²) < 4.78 is 26.3. The van der Waals surface area contributed by atoms with E-state index in [2.05, 4.69) is 22.2 Å². The monoisotopic (exact) mass is 284 g/mol. The fraction of sp³-hybridized carbons (Fsp3) is 0.571. The van der Waals surface area contributed by atoms with Crippen LogP contribution in [-0.4, -0.2) is 33.8 Å². The van der Waals surface area contributed by atoms with Gasteiger partial charge in [0.25, 0.3) is 0 Å². The Hall–Kier alpha value is -0.910. The molecule has 2 N–H and O–H groups in total. The molecule has 19 heavy (non-hydrogen) atoms. The Balaban J connectivity index is 2.32. The molecule has 0 fully saturated rings. The number of aryl methyl sites for hydroxylation is 1. The third kappa shape index (κ3) is 7.30. The molecule has 0 aliphatic carbocycles. The van der Waals surface area contributed by atoms with Crippen LogP contribution in [0.25, 0.3) is 0 Å². The Morgan fingerprint density at radius 3 is 2.53 bits per heavy atom. The smallest absolute Gasteiger partial charge is 0.211 e. The molecule has 1 atom stereocenters. The first kappa shape index (κ1) is 16.1. The molecule has 0 bridgehead atoms. The molecule has 0 aromatic heterocycles. The zero-order valence-electron chi connectivity index (χ0n) is 11.7. The van der Waals surface area contributed by atoms with Crippen molar-refractivity contribution in [2.45, 2.75) is 32.2 Å². The van der Waals surface area contributed by atoms with E-state index in [0.717, 1.165) is 19.4 Å². The van der Waals surface area contributed by atoms with Crippen LogP contribution in [0.3, 0.4) is 0 Å². The van der Waals surface area contributed by atoms with Crippen molar-refractivity contribution in [3.8, 4) is 0 Å². The van der Waals surface area contributed by atoms with Gasteiger partial charge in [-0.15, -0.1) is 0 Å². The number of nitrogens with one attached hydrogen (secondary N) is 2. The van der Waals surface area contributed by atoms with Gasteiger partial charge in [0.05, 0.1) is 5.75 Å². The lowest BCUT2D eigenvalue weighted by Gasteiger charge is -2.14. The van der Waals surface area contributed by atoms with Crippen molar-refractivity contribution in [2.24, 2.45) is 0 Å². The quantitative estimate of drug-likeness (QED) is 0.676. The van der Waals surface area contributed by atoms with Gasteiger partial charge in [0.15, 0.2) is 0 Å². The largest absolute Gasteiger partial charge is 0.320 e. The summed E-state index contributed by atoms with van der Waals surface area (Å²) in [6.45, 7) is 2.64. The SMILES string of the molecule is CNCCCS(=O)(=O)NC(C)CCc1ccccc1. The summed E-state index contributed by atoms with van der Waals surface area (Å²) in [6.07, 6.45) is 2.34. The molecule has 1 aromatic carbocycles. The van der Waals surface area contributed by atoms with Crippen LogP contribution in [0.4, 0.5) is 0 Å². The van der Waals surface area contributed by atoms with Crippen molar-refractivity contribution in [2.75, 3.05) is 19.3 Å². The maximum Gasteiger partial charge on any atom is 0.211 e. The van der Waals surface area contributed by atoms with Gasteiger partial charge >= 0.3 is 0 Å². The van der Waals surface area contributed by atoms with Gasteiger partial charge in [0.1, 0.15) is 0 Å². The minimum Gasteiger partial charge on any atom is -0.320 e. The van der Waals surface area contributed by atoms with Crippen LogP contribution in [-0.2, 0) is 16.4 Å². The van der Waals surface area contributed by atoms with Crippen molar-refractivity contribution >= 4 is 10.0 Å². The lowest BCUT2D eigenvalue weighted by atomic mass is 10.1. The van der Waals surface area contributed by atoms with E-state index >= 15 is 0 Å². The van der Waals surface area contributed by atoms with Crippen LogP contribution in [0.5, 0.6) is 0 Å². The molecule has 0 heterocycles. The van der Waals surface area contributed by atoms with E-state index < -0.39 is 10.0 Å². The summed E-state index contributed by atoms with van der Waals surface area (Å²) in [5.41, 5.74) is 1.24. The summed E-state index contributed by atoms with van der Waals surface area (Å²) in [5, 5.41) is 2.95. The molecule has 1 rings (SSSR count). The van der Waals surface area contributed by atoms with Gasteiger partial charge in [-0.1, -0.05) is 30.3 Å². The van der Waals surface area contributed by atoms with E-state index in [1.165, 1.54) is 5.56 Å². The summed E-state index contributed by atoms with van der Waals surface area (Å²) >= 11 is 0. The zero-order chi connectivity index (χ0) is 14.1. The van der Waals surface area contributed by atoms with Gasteiger partial charge in [0, 0.05) is 6.04 Å². The van der Waals surface area contributed by atoms with Gasteiger partial charge in [-0.25, -0.2) is 13.1 Å². The summed E-state index contributed by atoms with van der Waals surface area (Å²) in [7, 11) is -1.33. The van der Waals surface area contributed by atoms with E-state index in [4.69, 9.17) is 0 Å². The molecule has 4 nitrogen and oxygen atoms in total. The third-order valence-electron chi connectivity index (χ3n) is 2.93. The third-order valence-corrected chi connectivity index (χ3v) is 4.52.